The van der Waals surface area contributed by atoms with E-state index in [1.165, 1.54) is 0 Å². The summed E-state index contributed by atoms with van der Waals surface area (Å²) in [5.41, 5.74) is 1.40. The van der Waals surface area contributed by atoms with Crippen molar-refractivity contribution in [2.24, 2.45) is 0 Å². The first-order valence-electron chi connectivity index (χ1n) is 6.50. The predicted octanol–water partition coefficient (Wildman–Crippen LogP) is 1.44. The molecular weight excluding hydrogens is 228 g/mol. The van der Waals surface area contributed by atoms with Crippen LogP contribution < -0.4 is 10.6 Å². The molecule has 0 aliphatic heterocycles. The molecule has 1 aromatic rings. The van der Waals surface area contributed by atoms with Crippen molar-refractivity contribution < 1.29 is 4.79 Å². The summed E-state index contributed by atoms with van der Waals surface area (Å²) in [6.07, 6.45) is 1.10. The van der Waals surface area contributed by atoms with Crippen molar-refractivity contribution in [1.29, 1.82) is 0 Å². The van der Waals surface area contributed by atoms with E-state index >= 15 is 0 Å². The zero-order valence-electron chi connectivity index (χ0n) is 11.8. The Balaban J connectivity index is 2.40. The van der Waals surface area contributed by atoms with Gasteiger partial charge in [-0.25, -0.2) is 0 Å². The molecule has 18 heavy (non-hydrogen) atoms. The Morgan fingerprint density at radius 3 is 2.61 bits per heavy atom. The predicted molar refractivity (Wildman–Crippen MR) is 72.8 cm³/mol. The van der Waals surface area contributed by atoms with Gasteiger partial charge in [0.1, 0.15) is 5.69 Å². The lowest BCUT2D eigenvalue weighted by Crippen LogP contribution is -2.32. The maximum Gasteiger partial charge on any atom is 0.271 e. The van der Waals surface area contributed by atoms with Crippen molar-refractivity contribution in [3.8, 4) is 0 Å². The molecule has 1 aromatic heterocycles. The highest BCUT2D eigenvalue weighted by molar-refractivity contribution is 5.92. The number of H-pyrrole nitrogens is 1. The molecule has 0 unspecified atom stereocenters. The lowest BCUT2D eigenvalue weighted by atomic mass is 9.92. The van der Waals surface area contributed by atoms with E-state index in [2.05, 4.69) is 48.5 Å². The zero-order chi connectivity index (χ0) is 13.6. The second-order valence-electron chi connectivity index (χ2n) is 5.42. The Morgan fingerprint density at radius 2 is 2.06 bits per heavy atom. The number of carbonyl (C=O) groups excluding carboxylic acids is 1. The summed E-state index contributed by atoms with van der Waals surface area (Å²) >= 11 is 0. The molecule has 0 spiro atoms. The van der Waals surface area contributed by atoms with Gasteiger partial charge < -0.3 is 10.6 Å². The second-order valence-corrected chi connectivity index (χ2v) is 5.42. The Bertz CT molecular complexity index is 379. The maximum absolute atomic E-state index is 11.8. The van der Waals surface area contributed by atoms with E-state index in [0.29, 0.717) is 12.2 Å². The monoisotopic (exact) mass is 252 g/mol. The molecule has 5 heteroatoms. The van der Waals surface area contributed by atoms with Crippen molar-refractivity contribution in [1.82, 2.24) is 20.8 Å². The second kappa shape index (κ2) is 6.54. The van der Waals surface area contributed by atoms with Gasteiger partial charge in [-0.2, -0.15) is 5.10 Å². The summed E-state index contributed by atoms with van der Waals surface area (Å²) in [6.45, 7) is 10.7. The van der Waals surface area contributed by atoms with Crippen LogP contribution in [0.5, 0.6) is 0 Å². The summed E-state index contributed by atoms with van der Waals surface area (Å²) < 4.78 is 0. The van der Waals surface area contributed by atoms with Crippen LogP contribution in [0.2, 0.25) is 0 Å². The molecule has 1 amide bonds. The number of aromatic amines is 1. The fourth-order valence-electron chi connectivity index (χ4n) is 1.48. The van der Waals surface area contributed by atoms with Crippen molar-refractivity contribution in [2.75, 3.05) is 19.6 Å². The van der Waals surface area contributed by atoms with Crippen molar-refractivity contribution in [2.45, 2.75) is 39.5 Å². The Kier molecular flexibility index (Phi) is 5.34. The van der Waals surface area contributed by atoms with Crippen molar-refractivity contribution in [3.05, 3.63) is 17.5 Å². The molecule has 0 radical (unpaired) electrons. The summed E-state index contributed by atoms with van der Waals surface area (Å²) in [4.78, 5) is 11.8. The van der Waals surface area contributed by atoms with E-state index < -0.39 is 0 Å². The largest absolute Gasteiger partial charge is 0.349 e. The Hall–Kier alpha value is -1.36. The van der Waals surface area contributed by atoms with Crippen LogP contribution >= 0.6 is 0 Å². The zero-order valence-corrected chi connectivity index (χ0v) is 11.8. The number of amides is 1. The number of hydrogen-bond acceptors (Lipinski definition) is 3. The highest BCUT2D eigenvalue weighted by Crippen LogP contribution is 2.19. The summed E-state index contributed by atoms with van der Waals surface area (Å²) in [5.74, 6) is -0.125. The highest BCUT2D eigenvalue weighted by atomic mass is 16.1. The molecule has 0 fully saturated rings. The van der Waals surface area contributed by atoms with Gasteiger partial charge in [0, 0.05) is 24.2 Å². The smallest absolute Gasteiger partial charge is 0.271 e. The molecule has 1 rings (SSSR count). The molecule has 0 atom stereocenters. The van der Waals surface area contributed by atoms with Crippen molar-refractivity contribution in [3.63, 3.8) is 0 Å². The van der Waals surface area contributed by atoms with E-state index in [4.69, 9.17) is 0 Å². The first-order valence-corrected chi connectivity index (χ1v) is 6.50. The minimum atomic E-state index is -0.125. The quantitative estimate of drug-likeness (QED) is 0.671. The fraction of sp³-hybridized carbons (Fsp3) is 0.692. The summed E-state index contributed by atoms with van der Waals surface area (Å²) in [6, 6.07) is 1.81. The van der Waals surface area contributed by atoms with E-state index in [0.717, 1.165) is 25.2 Å². The standard InChI is InChI=1S/C13H24N4O/c1-5-6-14-7-8-15-12(18)10-9-11(17-16-10)13(2,3)4/h9,14H,5-8H2,1-4H3,(H,15,18)(H,16,17). The maximum atomic E-state index is 11.8. The minimum Gasteiger partial charge on any atom is -0.349 e. The van der Waals surface area contributed by atoms with E-state index in [1.54, 1.807) is 0 Å². The van der Waals surface area contributed by atoms with Gasteiger partial charge in [0.2, 0.25) is 0 Å². The number of carbonyl (C=O) groups is 1. The summed E-state index contributed by atoms with van der Waals surface area (Å²) in [7, 11) is 0. The van der Waals surface area contributed by atoms with E-state index in [-0.39, 0.29) is 11.3 Å². The SMILES string of the molecule is CCCNCCNC(=O)c1cc(C(C)(C)C)[nH]n1. The third kappa shape index (κ3) is 4.49. The number of nitrogens with zero attached hydrogens (tertiary/aromatic N) is 1. The molecule has 0 aliphatic rings. The molecule has 0 bridgehead atoms. The molecule has 5 nitrogen and oxygen atoms in total. The van der Waals surface area contributed by atoms with Crippen LogP contribution in [0.3, 0.4) is 0 Å². The average molecular weight is 252 g/mol. The topological polar surface area (TPSA) is 69.8 Å². The lowest BCUT2D eigenvalue weighted by Gasteiger charge is -2.14. The van der Waals surface area contributed by atoms with E-state index in [9.17, 15) is 4.79 Å². The number of nitrogens with one attached hydrogen (secondary N) is 3. The van der Waals surface area contributed by atoms with Crippen LogP contribution in [-0.4, -0.2) is 35.7 Å². The van der Waals surface area contributed by atoms with Crippen LogP contribution in [0, 0.1) is 0 Å². The van der Waals surface area contributed by atoms with Gasteiger partial charge in [-0.15, -0.1) is 0 Å². The minimum absolute atomic E-state index is 0.0196. The third-order valence-electron chi connectivity index (χ3n) is 2.63. The van der Waals surface area contributed by atoms with Crippen LogP contribution in [0.15, 0.2) is 6.07 Å². The van der Waals surface area contributed by atoms with Gasteiger partial charge in [0.15, 0.2) is 0 Å². The average Bonchev–Trinajstić information content (AvgIpc) is 2.77. The lowest BCUT2D eigenvalue weighted by molar-refractivity contribution is 0.0949. The Labute approximate surface area is 109 Å². The molecule has 3 N–H and O–H groups in total. The number of rotatable bonds is 6. The van der Waals surface area contributed by atoms with Crippen molar-refractivity contribution >= 4 is 5.91 Å². The first kappa shape index (κ1) is 14.7. The molecule has 102 valence electrons. The molecule has 0 aromatic carbocycles. The number of aromatic nitrogens is 2. The molecular formula is C13H24N4O. The molecule has 0 aliphatic carbocycles. The van der Waals surface area contributed by atoms with Gasteiger partial charge in [0.25, 0.3) is 5.91 Å². The van der Waals surface area contributed by atoms with Gasteiger partial charge in [-0.05, 0) is 19.0 Å². The van der Waals surface area contributed by atoms with Crippen LogP contribution in [-0.2, 0) is 5.41 Å². The van der Waals surface area contributed by atoms with Crippen LogP contribution in [0.1, 0.15) is 50.3 Å². The fourth-order valence-corrected chi connectivity index (χ4v) is 1.48. The normalized spacial score (nSPS) is 11.6. The van der Waals surface area contributed by atoms with Crippen LogP contribution in [0.25, 0.3) is 0 Å². The van der Waals surface area contributed by atoms with Crippen LogP contribution in [0.4, 0.5) is 0 Å². The third-order valence-corrected chi connectivity index (χ3v) is 2.63. The first-order chi connectivity index (χ1) is 8.45. The van der Waals surface area contributed by atoms with E-state index in [1.807, 2.05) is 6.07 Å². The molecule has 0 saturated heterocycles. The number of hydrogen-bond donors (Lipinski definition) is 3. The highest BCUT2D eigenvalue weighted by Gasteiger charge is 2.18. The summed E-state index contributed by atoms with van der Waals surface area (Å²) in [5, 5.41) is 13.0. The molecule has 1 heterocycles. The molecule has 0 saturated carbocycles. The van der Waals surface area contributed by atoms with Gasteiger partial charge in [0.05, 0.1) is 0 Å². The van der Waals surface area contributed by atoms with Gasteiger partial charge in [-0.3, -0.25) is 9.89 Å². The Morgan fingerprint density at radius 1 is 1.33 bits per heavy atom. The van der Waals surface area contributed by atoms with Gasteiger partial charge >= 0.3 is 0 Å². The van der Waals surface area contributed by atoms with Gasteiger partial charge in [-0.1, -0.05) is 27.7 Å².